The summed E-state index contributed by atoms with van der Waals surface area (Å²) in [6, 6.07) is 26.3. The normalized spacial score (nSPS) is 11.0. The van der Waals surface area contributed by atoms with Crippen molar-refractivity contribution in [1.29, 1.82) is 0 Å². The number of thiazole rings is 1. The average molecular weight is 481 g/mol. The van der Waals surface area contributed by atoms with Crippen LogP contribution in [0.3, 0.4) is 0 Å². The molecule has 0 saturated carbocycles. The van der Waals surface area contributed by atoms with Crippen molar-refractivity contribution in [3.8, 4) is 11.3 Å². The third kappa shape index (κ3) is 5.12. The van der Waals surface area contributed by atoms with Crippen LogP contribution >= 0.6 is 11.3 Å². The van der Waals surface area contributed by atoms with Crippen LogP contribution in [0.15, 0.2) is 90.4 Å². The maximum Gasteiger partial charge on any atom is 0.322 e. The van der Waals surface area contributed by atoms with Crippen LogP contribution in [0.5, 0.6) is 0 Å². The first-order valence-electron chi connectivity index (χ1n) is 11.8. The Morgan fingerprint density at radius 2 is 1.63 bits per heavy atom. The van der Waals surface area contributed by atoms with Crippen LogP contribution in [-0.4, -0.2) is 26.9 Å². The maximum absolute atomic E-state index is 13.4. The van der Waals surface area contributed by atoms with Gasteiger partial charge >= 0.3 is 6.03 Å². The lowest BCUT2D eigenvalue weighted by atomic mass is 10.1. The zero-order valence-electron chi connectivity index (χ0n) is 19.9. The summed E-state index contributed by atoms with van der Waals surface area (Å²) in [5.41, 5.74) is 7.33. The van der Waals surface area contributed by atoms with E-state index in [0.29, 0.717) is 13.1 Å². The minimum Gasteiger partial charge on any atom is -0.320 e. The fraction of sp³-hybridized carbons (Fsp3) is 0.172. The summed E-state index contributed by atoms with van der Waals surface area (Å²) in [7, 11) is 0. The van der Waals surface area contributed by atoms with Crippen molar-refractivity contribution in [2.24, 2.45) is 0 Å². The van der Waals surface area contributed by atoms with Gasteiger partial charge in [0.05, 0.1) is 5.69 Å². The van der Waals surface area contributed by atoms with Crippen molar-refractivity contribution in [3.05, 3.63) is 113 Å². The van der Waals surface area contributed by atoms with Crippen LogP contribution in [0.4, 0.5) is 10.5 Å². The number of nitrogens with zero attached hydrogens (tertiary/aromatic N) is 3. The molecule has 176 valence electrons. The SMILES string of the molecule is Cc1cccc(C)c1NC(=O)N(CCc1csc2nc(-c3ccccc3)cn12)Cc1ccccc1. The smallest absolute Gasteiger partial charge is 0.320 e. The summed E-state index contributed by atoms with van der Waals surface area (Å²) in [6.07, 6.45) is 2.83. The molecule has 0 bridgehead atoms. The Morgan fingerprint density at radius 3 is 2.34 bits per heavy atom. The van der Waals surface area contributed by atoms with Crippen molar-refractivity contribution < 1.29 is 4.79 Å². The molecule has 5 nitrogen and oxygen atoms in total. The van der Waals surface area contributed by atoms with Crippen molar-refractivity contribution in [3.63, 3.8) is 0 Å². The molecule has 0 atom stereocenters. The van der Waals surface area contributed by atoms with Gasteiger partial charge in [0.15, 0.2) is 4.96 Å². The number of aryl methyl sites for hydroxylation is 2. The van der Waals surface area contributed by atoms with Gasteiger partial charge in [-0.25, -0.2) is 9.78 Å². The summed E-state index contributed by atoms with van der Waals surface area (Å²) >= 11 is 1.63. The monoisotopic (exact) mass is 480 g/mol. The number of amides is 2. The van der Waals surface area contributed by atoms with Crippen LogP contribution in [0.2, 0.25) is 0 Å². The molecular weight excluding hydrogens is 452 g/mol. The summed E-state index contributed by atoms with van der Waals surface area (Å²) in [5.74, 6) is 0. The highest BCUT2D eigenvalue weighted by Gasteiger charge is 2.18. The molecular formula is C29H28N4OS. The van der Waals surface area contributed by atoms with E-state index < -0.39 is 0 Å². The predicted molar refractivity (Wildman–Crippen MR) is 144 cm³/mol. The number of benzene rings is 3. The van der Waals surface area contributed by atoms with Crippen molar-refractivity contribution in [1.82, 2.24) is 14.3 Å². The molecule has 0 aliphatic rings. The molecule has 1 N–H and O–H groups in total. The highest BCUT2D eigenvalue weighted by molar-refractivity contribution is 7.15. The Bertz CT molecular complexity index is 1420. The van der Waals surface area contributed by atoms with Gasteiger partial charge in [0.25, 0.3) is 0 Å². The number of fused-ring (bicyclic) bond motifs is 1. The van der Waals surface area contributed by atoms with Crippen LogP contribution in [0.25, 0.3) is 16.2 Å². The molecule has 0 aliphatic carbocycles. The number of carbonyl (C=O) groups excluding carboxylic acids is 1. The highest BCUT2D eigenvalue weighted by atomic mass is 32.1. The Kier molecular flexibility index (Phi) is 6.64. The first kappa shape index (κ1) is 22.9. The molecule has 5 aromatic rings. The molecule has 2 aromatic heterocycles. The maximum atomic E-state index is 13.4. The Balaban J connectivity index is 1.37. The predicted octanol–water partition coefficient (Wildman–Crippen LogP) is 6.96. The number of hydrogen-bond donors (Lipinski definition) is 1. The lowest BCUT2D eigenvalue weighted by molar-refractivity contribution is 0.209. The van der Waals surface area contributed by atoms with Gasteiger partial charge in [-0.15, -0.1) is 11.3 Å². The zero-order valence-corrected chi connectivity index (χ0v) is 20.8. The van der Waals surface area contributed by atoms with E-state index in [1.807, 2.05) is 73.3 Å². The molecule has 0 fully saturated rings. The van der Waals surface area contributed by atoms with Gasteiger partial charge in [-0.3, -0.25) is 4.40 Å². The minimum atomic E-state index is -0.0895. The molecule has 6 heteroatoms. The molecule has 3 aromatic carbocycles. The van der Waals surface area contributed by atoms with E-state index in [0.717, 1.165) is 50.7 Å². The Morgan fingerprint density at radius 1 is 0.943 bits per heavy atom. The third-order valence-electron chi connectivity index (χ3n) is 6.21. The lowest BCUT2D eigenvalue weighted by Gasteiger charge is -2.24. The van der Waals surface area contributed by atoms with Gasteiger partial charge in [-0.2, -0.15) is 0 Å². The standard InChI is InChI=1S/C29H28N4OS/c1-21-10-9-11-22(2)27(21)31-28(34)32(18-23-12-5-3-6-13-23)17-16-25-20-35-29-30-26(19-33(25)29)24-14-7-4-8-15-24/h3-15,19-20H,16-18H2,1-2H3,(H,31,34). The number of aromatic nitrogens is 2. The molecule has 0 aliphatic heterocycles. The van der Waals surface area contributed by atoms with E-state index in [4.69, 9.17) is 4.98 Å². The first-order valence-corrected chi connectivity index (χ1v) is 12.6. The number of urea groups is 1. The molecule has 0 radical (unpaired) electrons. The molecule has 0 spiro atoms. The Hall–Kier alpha value is -3.90. The van der Waals surface area contributed by atoms with Crippen molar-refractivity contribution >= 4 is 28.0 Å². The van der Waals surface area contributed by atoms with Gasteiger partial charge < -0.3 is 10.2 Å². The van der Waals surface area contributed by atoms with Crippen molar-refractivity contribution in [2.45, 2.75) is 26.8 Å². The van der Waals surface area contributed by atoms with Crippen LogP contribution in [0, 0.1) is 13.8 Å². The highest BCUT2D eigenvalue weighted by Crippen LogP contribution is 2.24. The van der Waals surface area contributed by atoms with Gasteiger partial charge in [0.2, 0.25) is 0 Å². The number of hydrogen-bond acceptors (Lipinski definition) is 3. The van der Waals surface area contributed by atoms with Crippen LogP contribution in [0.1, 0.15) is 22.4 Å². The largest absolute Gasteiger partial charge is 0.322 e. The van der Waals surface area contributed by atoms with Gasteiger partial charge in [-0.05, 0) is 30.5 Å². The summed E-state index contributed by atoms with van der Waals surface area (Å²) in [6.45, 7) is 5.19. The molecule has 0 saturated heterocycles. The molecule has 2 heterocycles. The number of nitrogens with one attached hydrogen (secondary N) is 1. The molecule has 0 unspecified atom stereocenters. The molecule has 35 heavy (non-hydrogen) atoms. The van der Waals surface area contributed by atoms with Crippen molar-refractivity contribution in [2.75, 3.05) is 11.9 Å². The minimum absolute atomic E-state index is 0.0895. The summed E-state index contributed by atoms with van der Waals surface area (Å²) in [5, 5.41) is 5.30. The van der Waals surface area contributed by atoms with Crippen LogP contribution < -0.4 is 5.32 Å². The fourth-order valence-corrected chi connectivity index (χ4v) is 5.17. The van der Waals surface area contributed by atoms with Gasteiger partial charge in [-0.1, -0.05) is 78.9 Å². The van der Waals surface area contributed by atoms with E-state index in [2.05, 4.69) is 45.6 Å². The molecule has 5 rings (SSSR count). The second-order valence-corrected chi connectivity index (χ2v) is 9.56. The van der Waals surface area contributed by atoms with Gasteiger partial charge in [0.1, 0.15) is 0 Å². The second-order valence-electron chi connectivity index (χ2n) is 8.73. The topological polar surface area (TPSA) is 49.6 Å². The lowest BCUT2D eigenvalue weighted by Crippen LogP contribution is -2.36. The number of imidazole rings is 1. The summed E-state index contributed by atoms with van der Waals surface area (Å²) in [4.78, 5) is 21.1. The number of carbonyl (C=O) groups is 1. The quantitative estimate of drug-likeness (QED) is 0.274. The number of anilines is 1. The van der Waals surface area contributed by atoms with E-state index in [-0.39, 0.29) is 6.03 Å². The zero-order chi connectivity index (χ0) is 24.2. The van der Waals surface area contributed by atoms with E-state index in [9.17, 15) is 4.79 Å². The third-order valence-corrected chi connectivity index (χ3v) is 7.10. The first-order chi connectivity index (χ1) is 17.1. The number of para-hydroxylation sites is 1. The summed E-state index contributed by atoms with van der Waals surface area (Å²) < 4.78 is 2.15. The average Bonchev–Trinajstić information content (AvgIpc) is 3.47. The number of rotatable bonds is 7. The van der Waals surface area contributed by atoms with E-state index in [1.165, 1.54) is 0 Å². The van der Waals surface area contributed by atoms with Gasteiger partial charge in [0, 0.05) is 48.0 Å². The fourth-order valence-electron chi connectivity index (χ4n) is 4.26. The Labute approximate surface area is 209 Å². The second kappa shape index (κ2) is 10.2. The van der Waals surface area contributed by atoms with Crippen LogP contribution in [-0.2, 0) is 13.0 Å². The molecule has 2 amide bonds. The van der Waals surface area contributed by atoms with E-state index >= 15 is 0 Å². The van der Waals surface area contributed by atoms with E-state index in [1.54, 1.807) is 11.3 Å².